The van der Waals surface area contributed by atoms with E-state index in [0.717, 1.165) is 12.8 Å². The zero-order valence-electron chi connectivity index (χ0n) is 11.5. The van der Waals surface area contributed by atoms with Gasteiger partial charge in [-0.3, -0.25) is 4.79 Å². The molecule has 0 spiro atoms. The number of nitrogens with one attached hydrogen (secondary N) is 2. The van der Waals surface area contributed by atoms with Gasteiger partial charge in [0.05, 0.1) is 10.9 Å². The molecule has 0 aliphatic carbocycles. The third kappa shape index (κ3) is 5.11. The molecule has 0 saturated carbocycles. The molecule has 0 aliphatic rings. The van der Waals surface area contributed by atoms with Gasteiger partial charge in [0, 0.05) is 11.6 Å². The molecule has 1 unspecified atom stereocenters. The van der Waals surface area contributed by atoms with Crippen molar-refractivity contribution in [2.75, 3.05) is 6.54 Å². The lowest BCUT2D eigenvalue weighted by Crippen LogP contribution is -2.44. The van der Waals surface area contributed by atoms with E-state index in [0.29, 0.717) is 11.6 Å². The summed E-state index contributed by atoms with van der Waals surface area (Å²) >= 11 is 5.71. The molecule has 1 amide bonds. The predicted octanol–water partition coefficient (Wildman–Crippen LogP) is 1.92. The van der Waals surface area contributed by atoms with E-state index in [1.165, 1.54) is 31.2 Å². The zero-order chi connectivity index (χ0) is 15.2. The lowest BCUT2D eigenvalue weighted by Gasteiger charge is -2.14. The molecule has 7 heteroatoms. The molecular weight excluding hydrogens is 300 g/mol. The van der Waals surface area contributed by atoms with E-state index in [1.807, 2.05) is 6.92 Å². The molecule has 0 saturated heterocycles. The molecule has 0 fully saturated rings. The number of rotatable bonds is 7. The Kier molecular flexibility index (Phi) is 6.45. The Labute approximate surface area is 124 Å². The van der Waals surface area contributed by atoms with Crippen molar-refractivity contribution in [2.45, 2.75) is 37.6 Å². The predicted molar refractivity (Wildman–Crippen MR) is 79.2 cm³/mol. The molecule has 0 heterocycles. The summed E-state index contributed by atoms with van der Waals surface area (Å²) in [4.78, 5) is 11.8. The van der Waals surface area contributed by atoms with Gasteiger partial charge in [0.1, 0.15) is 0 Å². The standard InChI is InChI=1S/C13H19ClN2O3S/c1-3-4-9-15-13(17)10(2)16-20(18,19)12-7-5-11(14)6-8-12/h5-8,10,16H,3-4,9H2,1-2H3,(H,15,17). The molecule has 0 bridgehead atoms. The highest BCUT2D eigenvalue weighted by atomic mass is 35.5. The number of carbonyl (C=O) groups excluding carboxylic acids is 1. The number of carbonyl (C=O) groups is 1. The van der Waals surface area contributed by atoms with E-state index in [4.69, 9.17) is 11.6 Å². The van der Waals surface area contributed by atoms with E-state index in [-0.39, 0.29) is 10.8 Å². The summed E-state index contributed by atoms with van der Waals surface area (Å²) in [6.45, 7) is 4.07. The second-order valence-electron chi connectivity index (χ2n) is 4.44. The summed E-state index contributed by atoms with van der Waals surface area (Å²) in [7, 11) is -3.72. The Bertz CT molecular complexity index is 543. The fraction of sp³-hybridized carbons (Fsp3) is 0.462. The molecule has 1 aromatic rings. The van der Waals surface area contributed by atoms with Crippen LogP contribution in [0.1, 0.15) is 26.7 Å². The fourth-order valence-electron chi connectivity index (χ4n) is 1.51. The summed E-state index contributed by atoms with van der Waals surface area (Å²) in [5.74, 6) is -0.337. The number of hydrogen-bond acceptors (Lipinski definition) is 3. The largest absolute Gasteiger partial charge is 0.355 e. The van der Waals surface area contributed by atoms with Crippen molar-refractivity contribution in [1.29, 1.82) is 0 Å². The van der Waals surface area contributed by atoms with Crippen molar-refractivity contribution >= 4 is 27.5 Å². The Hall–Kier alpha value is -1.11. The first kappa shape index (κ1) is 16.9. The van der Waals surface area contributed by atoms with E-state index in [9.17, 15) is 13.2 Å². The first-order chi connectivity index (χ1) is 9.36. The van der Waals surface area contributed by atoms with Gasteiger partial charge in [0.2, 0.25) is 15.9 Å². The van der Waals surface area contributed by atoms with Crippen LogP contribution in [0.3, 0.4) is 0 Å². The van der Waals surface area contributed by atoms with Crippen LogP contribution in [0.4, 0.5) is 0 Å². The quantitative estimate of drug-likeness (QED) is 0.754. The molecule has 0 aromatic heterocycles. The molecule has 1 aromatic carbocycles. The van der Waals surface area contributed by atoms with Crippen molar-refractivity contribution in [3.63, 3.8) is 0 Å². The van der Waals surface area contributed by atoms with E-state index in [1.54, 1.807) is 0 Å². The van der Waals surface area contributed by atoms with E-state index < -0.39 is 16.1 Å². The number of hydrogen-bond donors (Lipinski definition) is 2. The van der Waals surface area contributed by atoms with Crippen molar-refractivity contribution in [2.24, 2.45) is 0 Å². The maximum Gasteiger partial charge on any atom is 0.241 e. The monoisotopic (exact) mass is 318 g/mol. The van der Waals surface area contributed by atoms with E-state index in [2.05, 4.69) is 10.0 Å². The van der Waals surface area contributed by atoms with Gasteiger partial charge in [-0.15, -0.1) is 0 Å². The Morgan fingerprint density at radius 2 is 1.90 bits per heavy atom. The van der Waals surface area contributed by atoms with Crippen LogP contribution >= 0.6 is 11.6 Å². The Morgan fingerprint density at radius 3 is 2.45 bits per heavy atom. The molecule has 0 radical (unpaired) electrons. The van der Waals surface area contributed by atoms with Crippen molar-refractivity contribution in [3.05, 3.63) is 29.3 Å². The third-order valence-corrected chi connectivity index (χ3v) is 4.49. The maximum atomic E-state index is 12.1. The van der Waals surface area contributed by atoms with Gasteiger partial charge in [0.25, 0.3) is 0 Å². The number of halogens is 1. The first-order valence-corrected chi connectivity index (χ1v) is 8.28. The molecule has 5 nitrogen and oxygen atoms in total. The normalized spacial score (nSPS) is 12.9. The van der Waals surface area contributed by atoms with Crippen LogP contribution in [0.25, 0.3) is 0 Å². The third-order valence-electron chi connectivity index (χ3n) is 2.68. The average molecular weight is 319 g/mol. The van der Waals surface area contributed by atoms with Gasteiger partial charge in [0.15, 0.2) is 0 Å². The van der Waals surface area contributed by atoms with Crippen molar-refractivity contribution < 1.29 is 13.2 Å². The minimum atomic E-state index is -3.72. The van der Waals surface area contributed by atoms with Gasteiger partial charge < -0.3 is 5.32 Å². The Morgan fingerprint density at radius 1 is 1.30 bits per heavy atom. The molecule has 0 aliphatic heterocycles. The smallest absolute Gasteiger partial charge is 0.241 e. The molecule has 112 valence electrons. The first-order valence-electron chi connectivity index (χ1n) is 6.42. The summed E-state index contributed by atoms with van der Waals surface area (Å²) < 4.78 is 26.4. The zero-order valence-corrected chi connectivity index (χ0v) is 13.1. The summed E-state index contributed by atoms with van der Waals surface area (Å²) in [6, 6.07) is 4.94. The highest BCUT2D eigenvalue weighted by Gasteiger charge is 2.21. The van der Waals surface area contributed by atoms with Gasteiger partial charge in [-0.1, -0.05) is 24.9 Å². The van der Waals surface area contributed by atoms with Gasteiger partial charge >= 0.3 is 0 Å². The van der Waals surface area contributed by atoms with Crippen molar-refractivity contribution in [1.82, 2.24) is 10.0 Å². The van der Waals surface area contributed by atoms with E-state index >= 15 is 0 Å². The number of sulfonamides is 1. The summed E-state index contributed by atoms with van der Waals surface area (Å²) in [5.41, 5.74) is 0. The fourth-order valence-corrected chi connectivity index (χ4v) is 2.84. The molecular formula is C13H19ClN2O3S. The second kappa shape index (κ2) is 7.61. The molecule has 1 rings (SSSR count). The van der Waals surface area contributed by atoms with Crippen molar-refractivity contribution in [3.8, 4) is 0 Å². The topological polar surface area (TPSA) is 75.3 Å². The minimum absolute atomic E-state index is 0.0788. The van der Waals surface area contributed by atoms with Crippen LogP contribution in [0.2, 0.25) is 5.02 Å². The van der Waals surface area contributed by atoms with Crippen LogP contribution < -0.4 is 10.0 Å². The summed E-state index contributed by atoms with van der Waals surface area (Å²) in [5, 5.41) is 3.13. The van der Waals surface area contributed by atoms with Crippen LogP contribution in [0.15, 0.2) is 29.2 Å². The van der Waals surface area contributed by atoms with Crippen LogP contribution in [0.5, 0.6) is 0 Å². The lowest BCUT2D eigenvalue weighted by molar-refractivity contribution is -0.122. The van der Waals surface area contributed by atoms with Crippen LogP contribution in [0, 0.1) is 0 Å². The summed E-state index contributed by atoms with van der Waals surface area (Å²) in [6.07, 6.45) is 1.83. The lowest BCUT2D eigenvalue weighted by atomic mass is 10.3. The van der Waals surface area contributed by atoms with Gasteiger partial charge in [-0.05, 0) is 37.6 Å². The molecule has 20 heavy (non-hydrogen) atoms. The van der Waals surface area contributed by atoms with Gasteiger partial charge in [-0.25, -0.2) is 8.42 Å². The Balaban J connectivity index is 2.66. The molecule has 1 atom stereocenters. The van der Waals surface area contributed by atoms with Crippen LogP contribution in [-0.2, 0) is 14.8 Å². The highest BCUT2D eigenvalue weighted by Crippen LogP contribution is 2.14. The second-order valence-corrected chi connectivity index (χ2v) is 6.59. The average Bonchev–Trinajstić information content (AvgIpc) is 2.38. The van der Waals surface area contributed by atoms with Gasteiger partial charge in [-0.2, -0.15) is 4.72 Å². The SMILES string of the molecule is CCCCNC(=O)C(C)NS(=O)(=O)c1ccc(Cl)cc1. The minimum Gasteiger partial charge on any atom is -0.355 e. The highest BCUT2D eigenvalue weighted by molar-refractivity contribution is 7.89. The maximum absolute atomic E-state index is 12.1. The number of benzene rings is 1. The molecule has 2 N–H and O–H groups in total. The van der Waals surface area contributed by atoms with Crippen LogP contribution in [-0.4, -0.2) is 26.9 Å². The number of unbranched alkanes of at least 4 members (excludes halogenated alkanes) is 1. The number of amides is 1.